The van der Waals surface area contributed by atoms with E-state index in [9.17, 15) is 4.79 Å². The molecule has 1 amide bonds. The van der Waals surface area contributed by atoms with E-state index in [2.05, 4.69) is 23.5 Å². The number of anilines is 1. The van der Waals surface area contributed by atoms with Crippen molar-refractivity contribution in [1.82, 2.24) is 5.32 Å². The Kier molecular flexibility index (Phi) is 5.85. The molecule has 3 N–H and O–H groups in total. The Balaban J connectivity index is 2.06. The standard InChI is InChI=1S/C20H26N2O2/c1-20(2,3)24-19(23)22-13-12-18(15-8-5-4-6-9-15)16-10-7-11-17(21)14-16/h4-11,14,18H,12-13,21H2,1-3H3,(H,22,23)/t18-/m1/s1. The molecule has 0 aliphatic heterocycles. The molecule has 0 aliphatic carbocycles. The van der Waals surface area contributed by atoms with Gasteiger partial charge in [-0.2, -0.15) is 0 Å². The normalized spacial score (nSPS) is 12.5. The van der Waals surface area contributed by atoms with Crippen LogP contribution in [0, 0.1) is 0 Å². The highest BCUT2D eigenvalue weighted by atomic mass is 16.6. The number of carbonyl (C=O) groups excluding carboxylic acids is 1. The van der Waals surface area contributed by atoms with Gasteiger partial charge in [-0.05, 0) is 50.5 Å². The average molecular weight is 326 g/mol. The number of hydrogen-bond donors (Lipinski definition) is 2. The summed E-state index contributed by atoms with van der Waals surface area (Å²) in [6.45, 7) is 6.09. The van der Waals surface area contributed by atoms with Gasteiger partial charge in [0.15, 0.2) is 0 Å². The van der Waals surface area contributed by atoms with E-state index in [-0.39, 0.29) is 12.0 Å². The molecular formula is C20H26N2O2. The number of ether oxygens (including phenoxy) is 1. The van der Waals surface area contributed by atoms with Gasteiger partial charge in [-0.1, -0.05) is 42.5 Å². The van der Waals surface area contributed by atoms with Gasteiger partial charge in [0, 0.05) is 18.2 Å². The molecule has 4 heteroatoms. The number of nitrogens with one attached hydrogen (secondary N) is 1. The van der Waals surface area contributed by atoms with Gasteiger partial charge in [0.05, 0.1) is 0 Å². The van der Waals surface area contributed by atoms with Crippen LogP contribution in [0.4, 0.5) is 10.5 Å². The molecule has 0 radical (unpaired) electrons. The molecule has 0 aromatic heterocycles. The molecule has 0 unspecified atom stereocenters. The van der Waals surface area contributed by atoms with Crippen molar-refractivity contribution in [2.75, 3.05) is 12.3 Å². The fourth-order valence-corrected chi connectivity index (χ4v) is 2.62. The summed E-state index contributed by atoms with van der Waals surface area (Å²) in [5.41, 5.74) is 8.53. The molecule has 4 nitrogen and oxygen atoms in total. The van der Waals surface area contributed by atoms with E-state index in [0.717, 1.165) is 17.7 Å². The first kappa shape index (κ1) is 17.9. The number of amides is 1. The van der Waals surface area contributed by atoms with Gasteiger partial charge in [0.25, 0.3) is 0 Å². The van der Waals surface area contributed by atoms with Crippen molar-refractivity contribution < 1.29 is 9.53 Å². The van der Waals surface area contributed by atoms with Crippen molar-refractivity contribution in [2.24, 2.45) is 0 Å². The van der Waals surface area contributed by atoms with E-state index >= 15 is 0 Å². The Labute approximate surface area is 144 Å². The maximum Gasteiger partial charge on any atom is 0.407 e. The fourth-order valence-electron chi connectivity index (χ4n) is 2.62. The summed E-state index contributed by atoms with van der Waals surface area (Å²) >= 11 is 0. The molecule has 0 saturated carbocycles. The number of rotatable bonds is 5. The SMILES string of the molecule is CC(C)(C)OC(=O)NCC[C@H](c1ccccc1)c1cccc(N)c1. The van der Waals surface area contributed by atoms with E-state index in [0.29, 0.717) is 6.54 Å². The molecule has 0 aliphatic rings. The largest absolute Gasteiger partial charge is 0.444 e. The summed E-state index contributed by atoms with van der Waals surface area (Å²) in [6, 6.07) is 18.1. The molecule has 0 bridgehead atoms. The fraction of sp³-hybridized carbons (Fsp3) is 0.350. The molecule has 0 saturated heterocycles. The van der Waals surface area contributed by atoms with Crippen molar-refractivity contribution in [3.8, 4) is 0 Å². The van der Waals surface area contributed by atoms with Crippen molar-refractivity contribution in [1.29, 1.82) is 0 Å². The Morgan fingerprint density at radius 1 is 1.08 bits per heavy atom. The molecule has 2 aromatic carbocycles. The van der Waals surface area contributed by atoms with Gasteiger partial charge in [-0.25, -0.2) is 4.79 Å². The second-order valence-corrected chi connectivity index (χ2v) is 6.85. The Morgan fingerprint density at radius 3 is 2.38 bits per heavy atom. The van der Waals surface area contributed by atoms with E-state index in [4.69, 9.17) is 10.5 Å². The predicted molar refractivity (Wildman–Crippen MR) is 98.0 cm³/mol. The van der Waals surface area contributed by atoms with Crippen molar-refractivity contribution in [3.63, 3.8) is 0 Å². The third kappa shape index (κ3) is 5.61. The van der Waals surface area contributed by atoms with Crippen LogP contribution in [0.25, 0.3) is 0 Å². The van der Waals surface area contributed by atoms with E-state index < -0.39 is 5.60 Å². The number of hydrogen-bond acceptors (Lipinski definition) is 3. The number of alkyl carbamates (subject to hydrolysis) is 1. The van der Waals surface area contributed by atoms with Crippen LogP contribution in [-0.2, 0) is 4.74 Å². The van der Waals surface area contributed by atoms with Gasteiger partial charge in [-0.3, -0.25) is 0 Å². The first-order valence-corrected chi connectivity index (χ1v) is 8.22. The third-order valence-corrected chi connectivity index (χ3v) is 3.62. The molecule has 24 heavy (non-hydrogen) atoms. The molecular weight excluding hydrogens is 300 g/mol. The minimum absolute atomic E-state index is 0.171. The maximum atomic E-state index is 11.8. The predicted octanol–water partition coefficient (Wildman–Crippen LogP) is 4.32. The van der Waals surface area contributed by atoms with E-state index in [1.807, 2.05) is 57.2 Å². The van der Waals surface area contributed by atoms with Crippen LogP contribution in [0.2, 0.25) is 0 Å². The topological polar surface area (TPSA) is 64.3 Å². The smallest absolute Gasteiger partial charge is 0.407 e. The first-order valence-electron chi connectivity index (χ1n) is 8.22. The molecule has 128 valence electrons. The summed E-state index contributed by atoms with van der Waals surface area (Å²) in [5.74, 6) is 0.171. The Bertz CT molecular complexity index is 663. The summed E-state index contributed by atoms with van der Waals surface area (Å²) in [6.07, 6.45) is 0.383. The zero-order valence-corrected chi connectivity index (χ0v) is 14.6. The van der Waals surface area contributed by atoms with Gasteiger partial charge in [0.2, 0.25) is 0 Å². The highest BCUT2D eigenvalue weighted by Crippen LogP contribution is 2.28. The molecule has 0 fully saturated rings. The number of benzene rings is 2. The zero-order valence-electron chi connectivity index (χ0n) is 14.6. The van der Waals surface area contributed by atoms with Gasteiger partial charge in [-0.15, -0.1) is 0 Å². The van der Waals surface area contributed by atoms with Crippen LogP contribution in [-0.4, -0.2) is 18.2 Å². The molecule has 0 heterocycles. The van der Waals surface area contributed by atoms with Crippen LogP contribution in [0.3, 0.4) is 0 Å². The molecule has 0 spiro atoms. The lowest BCUT2D eigenvalue weighted by atomic mass is 9.88. The Morgan fingerprint density at radius 2 is 1.75 bits per heavy atom. The molecule has 1 atom stereocenters. The minimum Gasteiger partial charge on any atom is -0.444 e. The maximum absolute atomic E-state index is 11.8. The summed E-state index contributed by atoms with van der Waals surface area (Å²) < 4.78 is 5.28. The number of nitrogens with two attached hydrogens (primary N) is 1. The van der Waals surface area contributed by atoms with Crippen LogP contribution >= 0.6 is 0 Å². The average Bonchev–Trinajstić information content (AvgIpc) is 2.50. The van der Waals surface area contributed by atoms with Crippen LogP contribution in [0.15, 0.2) is 54.6 Å². The van der Waals surface area contributed by atoms with Crippen LogP contribution in [0.1, 0.15) is 44.2 Å². The lowest BCUT2D eigenvalue weighted by molar-refractivity contribution is 0.0527. The van der Waals surface area contributed by atoms with E-state index in [1.165, 1.54) is 5.56 Å². The lowest BCUT2D eigenvalue weighted by Crippen LogP contribution is -2.33. The van der Waals surface area contributed by atoms with Crippen molar-refractivity contribution in [3.05, 3.63) is 65.7 Å². The lowest BCUT2D eigenvalue weighted by Gasteiger charge is -2.21. The highest BCUT2D eigenvalue weighted by Gasteiger charge is 2.18. The minimum atomic E-state index is -0.489. The summed E-state index contributed by atoms with van der Waals surface area (Å²) in [5, 5.41) is 2.83. The summed E-state index contributed by atoms with van der Waals surface area (Å²) in [4.78, 5) is 11.8. The van der Waals surface area contributed by atoms with Gasteiger partial charge < -0.3 is 15.8 Å². The summed E-state index contributed by atoms with van der Waals surface area (Å²) in [7, 11) is 0. The number of nitrogen functional groups attached to an aromatic ring is 1. The number of carbonyl (C=O) groups is 1. The third-order valence-electron chi connectivity index (χ3n) is 3.62. The van der Waals surface area contributed by atoms with Gasteiger partial charge in [0.1, 0.15) is 5.60 Å². The van der Waals surface area contributed by atoms with Crippen LogP contribution < -0.4 is 11.1 Å². The van der Waals surface area contributed by atoms with Crippen LogP contribution in [0.5, 0.6) is 0 Å². The van der Waals surface area contributed by atoms with Crippen molar-refractivity contribution in [2.45, 2.75) is 38.7 Å². The second-order valence-electron chi connectivity index (χ2n) is 6.85. The Hall–Kier alpha value is -2.49. The molecule has 2 rings (SSSR count). The first-order chi connectivity index (χ1) is 11.3. The second kappa shape index (κ2) is 7.86. The van der Waals surface area contributed by atoms with E-state index in [1.54, 1.807) is 0 Å². The molecule has 2 aromatic rings. The monoisotopic (exact) mass is 326 g/mol. The quantitative estimate of drug-likeness (QED) is 0.804. The highest BCUT2D eigenvalue weighted by molar-refractivity contribution is 5.67. The van der Waals surface area contributed by atoms with Gasteiger partial charge >= 0.3 is 6.09 Å². The van der Waals surface area contributed by atoms with Crippen molar-refractivity contribution >= 4 is 11.8 Å². The zero-order chi connectivity index (χ0) is 17.6.